The minimum absolute atomic E-state index is 0.00955. The number of nitrogens with two attached hydrogens (primary N) is 1. The lowest BCUT2D eigenvalue weighted by Crippen LogP contribution is -2.43. The monoisotopic (exact) mass is 343 g/mol. The predicted octanol–water partition coefficient (Wildman–Crippen LogP) is 2.67. The summed E-state index contributed by atoms with van der Waals surface area (Å²) in [7, 11) is 0. The zero-order chi connectivity index (χ0) is 14.6. The lowest BCUT2D eigenvalue weighted by molar-refractivity contribution is -0.0864. The van der Waals surface area contributed by atoms with Crippen LogP contribution in [-0.4, -0.2) is 28.2 Å². The molecule has 0 bridgehead atoms. The van der Waals surface area contributed by atoms with Gasteiger partial charge in [-0.15, -0.1) is 0 Å². The van der Waals surface area contributed by atoms with Crippen LogP contribution in [0.1, 0.15) is 39.5 Å². The van der Waals surface area contributed by atoms with E-state index in [1.165, 1.54) is 6.33 Å². The van der Waals surface area contributed by atoms with Crippen molar-refractivity contribution in [2.75, 3.05) is 17.3 Å². The molecule has 2 heterocycles. The van der Waals surface area contributed by atoms with Crippen LogP contribution in [-0.2, 0) is 4.74 Å². The molecule has 1 aliphatic heterocycles. The maximum atomic E-state index is 5.99. The summed E-state index contributed by atoms with van der Waals surface area (Å²) in [6, 6.07) is 0.348. The summed E-state index contributed by atoms with van der Waals surface area (Å²) in [5, 5.41) is 3.47. The van der Waals surface area contributed by atoms with Crippen molar-refractivity contribution in [2.45, 2.75) is 51.2 Å². The van der Waals surface area contributed by atoms with Gasteiger partial charge in [-0.25, -0.2) is 15.8 Å². The molecule has 2 rings (SSSR count). The predicted molar refractivity (Wildman–Crippen MR) is 83.5 cm³/mol. The van der Waals surface area contributed by atoms with Crippen LogP contribution in [0.15, 0.2) is 10.8 Å². The molecular formula is C13H22BrN5O. The van der Waals surface area contributed by atoms with E-state index in [1.54, 1.807) is 0 Å². The van der Waals surface area contributed by atoms with Crippen LogP contribution in [0.25, 0.3) is 0 Å². The SMILES string of the molecule is CCC1(CC)CC(Nc2ncnc(NN)c2Br)CCO1. The first kappa shape index (κ1) is 15.5. The highest BCUT2D eigenvalue weighted by molar-refractivity contribution is 9.10. The van der Waals surface area contributed by atoms with E-state index in [0.717, 1.165) is 42.6 Å². The number of rotatable bonds is 5. The summed E-state index contributed by atoms with van der Waals surface area (Å²) in [6.07, 6.45) is 5.52. The van der Waals surface area contributed by atoms with Crippen LogP contribution in [0.5, 0.6) is 0 Å². The summed E-state index contributed by atoms with van der Waals surface area (Å²) < 4.78 is 6.75. The molecular weight excluding hydrogens is 322 g/mol. The van der Waals surface area contributed by atoms with Crippen LogP contribution < -0.4 is 16.6 Å². The van der Waals surface area contributed by atoms with Crippen LogP contribution in [0, 0.1) is 0 Å². The van der Waals surface area contributed by atoms with E-state index >= 15 is 0 Å². The van der Waals surface area contributed by atoms with E-state index in [2.05, 4.69) is 50.5 Å². The molecule has 112 valence electrons. The van der Waals surface area contributed by atoms with Gasteiger partial charge in [0.15, 0.2) is 5.82 Å². The van der Waals surface area contributed by atoms with Gasteiger partial charge in [0.25, 0.3) is 0 Å². The molecule has 6 nitrogen and oxygen atoms in total. The van der Waals surface area contributed by atoms with Crippen molar-refractivity contribution >= 4 is 27.6 Å². The Labute approximate surface area is 128 Å². The average molecular weight is 344 g/mol. The van der Waals surface area contributed by atoms with Crippen molar-refractivity contribution < 1.29 is 4.74 Å². The number of hydrogen-bond acceptors (Lipinski definition) is 6. The highest BCUT2D eigenvalue weighted by Gasteiger charge is 2.34. The summed E-state index contributed by atoms with van der Waals surface area (Å²) in [6.45, 7) is 5.15. The lowest BCUT2D eigenvalue weighted by atomic mass is 9.86. The quantitative estimate of drug-likeness (QED) is 0.563. The number of hydrazine groups is 1. The van der Waals surface area contributed by atoms with Gasteiger partial charge in [-0.05, 0) is 41.6 Å². The average Bonchev–Trinajstić information content (AvgIpc) is 2.49. The van der Waals surface area contributed by atoms with Gasteiger partial charge in [0.05, 0.1) is 5.60 Å². The van der Waals surface area contributed by atoms with Crippen molar-refractivity contribution in [1.82, 2.24) is 9.97 Å². The third-order valence-corrected chi connectivity index (χ3v) is 4.80. The maximum Gasteiger partial charge on any atom is 0.159 e. The second-order valence-electron chi connectivity index (χ2n) is 5.10. The molecule has 0 spiro atoms. The zero-order valence-corrected chi connectivity index (χ0v) is 13.5. The summed E-state index contributed by atoms with van der Waals surface area (Å²) >= 11 is 3.47. The van der Waals surface area contributed by atoms with Gasteiger partial charge >= 0.3 is 0 Å². The Morgan fingerprint density at radius 3 is 2.75 bits per heavy atom. The summed E-state index contributed by atoms with van der Waals surface area (Å²) in [5.74, 6) is 6.76. The fourth-order valence-electron chi connectivity index (χ4n) is 2.66. The molecule has 1 aromatic heterocycles. The minimum atomic E-state index is -0.00955. The van der Waals surface area contributed by atoms with Crippen LogP contribution in [0.2, 0.25) is 0 Å². The third-order valence-electron chi connectivity index (χ3n) is 4.05. The molecule has 0 aromatic carbocycles. The molecule has 1 atom stereocenters. The molecule has 0 radical (unpaired) electrons. The Balaban J connectivity index is 2.10. The Morgan fingerprint density at radius 1 is 1.40 bits per heavy atom. The number of nitrogens with one attached hydrogen (secondary N) is 2. The molecule has 1 saturated heterocycles. The van der Waals surface area contributed by atoms with Crippen molar-refractivity contribution in [2.24, 2.45) is 5.84 Å². The first-order chi connectivity index (χ1) is 9.64. The van der Waals surface area contributed by atoms with Crippen LogP contribution >= 0.6 is 15.9 Å². The second kappa shape index (κ2) is 6.69. The van der Waals surface area contributed by atoms with Gasteiger partial charge in [-0.2, -0.15) is 0 Å². The Morgan fingerprint density at radius 2 is 2.10 bits per heavy atom. The smallest absolute Gasteiger partial charge is 0.159 e. The molecule has 0 saturated carbocycles. The zero-order valence-electron chi connectivity index (χ0n) is 11.9. The molecule has 1 unspecified atom stereocenters. The van der Waals surface area contributed by atoms with Gasteiger partial charge < -0.3 is 15.5 Å². The topological polar surface area (TPSA) is 85.1 Å². The molecule has 1 aliphatic rings. The van der Waals surface area contributed by atoms with E-state index < -0.39 is 0 Å². The highest BCUT2D eigenvalue weighted by Crippen LogP contribution is 2.34. The fourth-order valence-corrected chi connectivity index (χ4v) is 3.09. The van der Waals surface area contributed by atoms with E-state index in [9.17, 15) is 0 Å². The largest absolute Gasteiger partial charge is 0.375 e. The molecule has 20 heavy (non-hydrogen) atoms. The molecule has 4 N–H and O–H groups in total. The maximum absolute atomic E-state index is 5.99. The summed E-state index contributed by atoms with van der Waals surface area (Å²) in [4.78, 5) is 8.33. The molecule has 0 amide bonds. The second-order valence-corrected chi connectivity index (χ2v) is 5.89. The number of hydrogen-bond donors (Lipinski definition) is 3. The van der Waals surface area contributed by atoms with E-state index in [1.807, 2.05) is 0 Å². The van der Waals surface area contributed by atoms with Crippen LogP contribution in [0.4, 0.5) is 11.6 Å². The van der Waals surface area contributed by atoms with Crippen molar-refractivity contribution in [3.63, 3.8) is 0 Å². The molecule has 1 fully saturated rings. The highest BCUT2D eigenvalue weighted by atomic mass is 79.9. The van der Waals surface area contributed by atoms with E-state index in [-0.39, 0.29) is 5.60 Å². The van der Waals surface area contributed by atoms with Crippen LogP contribution in [0.3, 0.4) is 0 Å². The van der Waals surface area contributed by atoms with E-state index in [0.29, 0.717) is 11.9 Å². The normalized spacial score (nSPS) is 21.5. The number of ether oxygens (including phenoxy) is 1. The van der Waals surface area contributed by atoms with Crippen molar-refractivity contribution in [3.8, 4) is 0 Å². The first-order valence-electron chi connectivity index (χ1n) is 7.01. The number of nitrogen functional groups attached to an aromatic ring is 1. The Bertz CT molecular complexity index is 452. The lowest BCUT2D eigenvalue weighted by Gasteiger charge is -2.40. The van der Waals surface area contributed by atoms with Crippen molar-refractivity contribution in [1.29, 1.82) is 0 Å². The first-order valence-corrected chi connectivity index (χ1v) is 7.81. The summed E-state index contributed by atoms with van der Waals surface area (Å²) in [5.41, 5.74) is 2.54. The van der Waals surface area contributed by atoms with Gasteiger partial charge in [0.1, 0.15) is 16.6 Å². The van der Waals surface area contributed by atoms with Gasteiger partial charge in [-0.3, -0.25) is 0 Å². The number of anilines is 2. The number of halogens is 1. The molecule has 1 aromatic rings. The third kappa shape index (κ3) is 3.21. The Hall–Kier alpha value is -0.920. The van der Waals surface area contributed by atoms with Gasteiger partial charge in [0, 0.05) is 12.6 Å². The van der Waals surface area contributed by atoms with E-state index in [4.69, 9.17) is 10.6 Å². The van der Waals surface area contributed by atoms with Crippen molar-refractivity contribution in [3.05, 3.63) is 10.8 Å². The Kier molecular flexibility index (Phi) is 5.17. The molecule has 0 aliphatic carbocycles. The molecule has 7 heteroatoms. The van der Waals surface area contributed by atoms with Gasteiger partial charge in [-0.1, -0.05) is 13.8 Å². The van der Waals surface area contributed by atoms with Gasteiger partial charge in [0.2, 0.25) is 0 Å². The number of aromatic nitrogens is 2. The minimum Gasteiger partial charge on any atom is -0.375 e. The number of nitrogens with zero attached hydrogens (tertiary/aromatic N) is 2. The standard InChI is InChI=1S/C13H22BrN5O/c1-3-13(4-2)7-9(5-6-20-13)18-11-10(14)12(19-15)17-8-16-11/h8-9H,3-7,15H2,1-2H3,(H2,16,17,18,19). The fraction of sp³-hybridized carbons (Fsp3) is 0.692.